The highest BCUT2D eigenvalue weighted by molar-refractivity contribution is 5.90. The van der Waals surface area contributed by atoms with Gasteiger partial charge in [-0.3, -0.25) is 14.5 Å². The number of likely N-dealkylation sites (tertiary alicyclic amines) is 1. The minimum Gasteiger partial charge on any atom is -0.439 e. The largest absolute Gasteiger partial charge is 0.439 e. The van der Waals surface area contributed by atoms with Crippen LogP contribution in [0.3, 0.4) is 0 Å². The fourth-order valence-electron chi connectivity index (χ4n) is 5.88. The number of rotatable bonds is 10. The SMILES string of the molecule is COCCN1CCN(C(=O)OCC(=O)N2CC(F)CC2C(=O)NC(c2ccccc2)c2ccc(C3(C)CC3)c(F)c2)CC1. The van der Waals surface area contributed by atoms with Crippen LogP contribution in [0.25, 0.3) is 0 Å². The molecule has 0 aromatic heterocycles. The van der Waals surface area contributed by atoms with E-state index < -0.39 is 42.8 Å². The highest BCUT2D eigenvalue weighted by Gasteiger charge is 2.42. The van der Waals surface area contributed by atoms with Crippen molar-refractivity contribution in [1.29, 1.82) is 0 Å². The number of halogens is 2. The van der Waals surface area contributed by atoms with Crippen molar-refractivity contribution in [2.75, 3.05) is 59.6 Å². The van der Waals surface area contributed by atoms with Crippen molar-refractivity contribution in [3.63, 3.8) is 0 Å². The molecule has 1 aliphatic carbocycles. The first-order valence-electron chi connectivity index (χ1n) is 14.9. The van der Waals surface area contributed by atoms with Crippen LogP contribution >= 0.6 is 0 Å². The number of benzene rings is 2. The number of ether oxygens (including phenoxy) is 2. The second kappa shape index (κ2) is 13.4. The number of hydrogen-bond donors (Lipinski definition) is 1. The first kappa shape index (κ1) is 30.9. The van der Waals surface area contributed by atoms with E-state index >= 15 is 4.39 Å². The van der Waals surface area contributed by atoms with E-state index in [1.54, 1.807) is 13.2 Å². The molecule has 5 rings (SSSR count). The summed E-state index contributed by atoms with van der Waals surface area (Å²) in [6.07, 6.45) is -0.340. The standard InChI is InChI=1S/C32H40F2N4O5/c1-32(10-11-32)25-9-8-23(18-26(25)34)29(22-6-4-3-5-7-22)35-30(40)27-19-24(33)20-38(27)28(39)21-43-31(41)37-14-12-36(13-15-37)16-17-42-2/h3-9,18,24,27,29H,10-17,19-21H2,1-2H3,(H,35,40). The summed E-state index contributed by atoms with van der Waals surface area (Å²) < 4.78 is 40.2. The van der Waals surface area contributed by atoms with E-state index in [4.69, 9.17) is 9.47 Å². The molecule has 2 aromatic rings. The van der Waals surface area contributed by atoms with Gasteiger partial charge >= 0.3 is 6.09 Å². The second-order valence-corrected chi connectivity index (χ2v) is 11.9. The number of carbonyl (C=O) groups excluding carboxylic acids is 3. The first-order chi connectivity index (χ1) is 20.7. The van der Waals surface area contributed by atoms with Gasteiger partial charge in [0.05, 0.1) is 19.2 Å². The van der Waals surface area contributed by atoms with Crippen LogP contribution in [0.2, 0.25) is 0 Å². The summed E-state index contributed by atoms with van der Waals surface area (Å²) in [6.45, 7) is 4.79. The summed E-state index contributed by atoms with van der Waals surface area (Å²) in [5.74, 6) is -1.52. The quantitative estimate of drug-likeness (QED) is 0.451. The van der Waals surface area contributed by atoms with E-state index in [0.717, 1.165) is 29.8 Å². The molecule has 11 heteroatoms. The van der Waals surface area contributed by atoms with E-state index in [1.165, 1.54) is 11.0 Å². The lowest BCUT2D eigenvalue weighted by atomic mass is 9.92. The average Bonchev–Trinajstić information content (AvgIpc) is 3.64. The number of carbonyl (C=O) groups is 3. The smallest absolute Gasteiger partial charge is 0.410 e. The second-order valence-electron chi connectivity index (χ2n) is 11.9. The normalized spacial score (nSPS) is 22.2. The molecule has 3 unspecified atom stereocenters. The lowest BCUT2D eigenvalue weighted by Crippen LogP contribution is -2.51. The summed E-state index contributed by atoms with van der Waals surface area (Å²) in [6, 6.07) is 12.4. The van der Waals surface area contributed by atoms with Gasteiger partial charge < -0.3 is 24.6 Å². The molecule has 2 aromatic carbocycles. The van der Waals surface area contributed by atoms with Crippen molar-refractivity contribution < 1.29 is 32.6 Å². The Morgan fingerprint density at radius 3 is 2.42 bits per heavy atom. The molecule has 1 N–H and O–H groups in total. The van der Waals surface area contributed by atoms with Crippen LogP contribution in [0.5, 0.6) is 0 Å². The molecule has 9 nitrogen and oxygen atoms in total. The molecule has 1 saturated carbocycles. The zero-order chi connectivity index (χ0) is 30.6. The Labute approximate surface area is 251 Å². The van der Waals surface area contributed by atoms with Gasteiger partial charge in [0.2, 0.25) is 5.91 Å². The minimum absolute atomic E-state index is 0.156. The lowest BCUT2D eigenvalue weighted by molar-refractivity contribution is -0.141. The van der Waals surface area contributed by atoms with Gasteiger partial charge in [-0.2, -0.15) is 0 Å². The van der Waals surface area contributed by atoms with Crippen LogP contribution in [0, 0.1) is 5.82 Å². The first-order valence-corrected chi connectivity index (χ1v) is 14.9. The molecule has 43 heavy (non-hydrogen) atoms. The molecule has 3 atom stereocenters. The van der Waals surface area contributed by atoms with Crippen LogP contribution in [0.15, 0.2) is 48.5 Å². The Morgan fingerprint density at radius 1 is 1.05 bits per heavy atom. The van der Waals surface area contributed by atoms with Gasteiger partial charge in [-0.05, 0) is 41.0 Å². The predicted molar refractivity (Wildman–Crippen MR) is 156 cm³/mol. The summed E-state index contributed by atoms with van der Waals surface area (Å²) >= 11 is 0. The number of hydrogen-bond acceptors (Lipinski definition) is 6. The molecule has 2 aliphatic heterocycles. The summed E-state index contributed by atoms with van der Waals surface area (Å²) in [4.78, 5) is 44.1. The molecule has 0 bridgehead atoms. The number of nitrogens with one attached hydrogen (secondary N) is 1. The zero-order valence-electron chi connectivity index (χ0n) is 24.8. The Hall–Kier alpha value is -3.57. The fourth-order valence-corrected chi connectivity index (χ4v) is 5.88. The molecule has 232 valence electrons. The van der Waals surface area contributed by atoms with Gasteiger partial charge in [-0.15, -0.1) is 0 Å². The molecule has 3 fully saturated rings. The van der Waals surface area contributed by atoms with Gasteiger partial charge in [0, 0.05) is 46.3 Å². The Morgan fingerprint density at radius 2 is 1.77 bits per heavy atom. The van der Waals surface area contributed by atoms with E-state index in [2.05, 4.69) is 10.2 Å². The van der Waals surface area contributed by atoms with E-state index in [1.807, 2.05) is 43.3 Å². The van der Waals surface area contributed by atoms with Crippen LogP contribution in [0.4, 0.5) is 13.6 Å². The Kier molecular flexibility index (Phi) is 9.61. The number of methoxy groups -OCH3 is 1. The lowest BCUT2D eigenvalue weighted by Gasteiger charge is -2.34. The van der Waals surface area contributed by atoms with Gasteiger partial charge in [0.15, 0.2) is 6.61 Å². The fraction of sp³-hybridized carbons (Fsp3) is 0.531. The molecule has 3 amide bonds. The van der Waals surface area contributed by atoms with Crippen LogP contribution in [-0.2, 0) is 24.5 Å². The van der Waals surface area contributed by atoms with Crippen LogP contribution in [-0.4, -0.2) is 104 Å². The molecule has 2 heterocycles. The monoisotopic (exact) mass is 598 g/mol. The van der Waals surface area contributed by atoms with Crippen molar-refractivity contribution in [3.8, 4) is 0 Å². The zero-order valence-corrected chi connectivity index (χ0v) is 24.8. The van der Waals surface area contributed by atoms with Gasteiger partial charge in [0.1, 0.15) is 18.0 Å². The molecular weight excluding hydrogens is 558 g/mol. The van der Waals surface area contributed by atoms with Gasteiger partial charge in [-0.25, -0.2) is 13.6 Å². The molecule has 3 aliphatic rings. The van der Waals surface area contributed by atoms with Gasteiger partial charge in [0.25, 0.3) is 5.91 Å². The molecular formula is C32H40F2N4O5. The highest BCUT2D eigenvalue weighted by Crippen LogP contribution is 2.48. The third-order valence-electron chi connectivity index (χ3n) is 8.83. The highest BCUT2D eigenvalue weighted by atomic mass is 19.1. The van der Waals surface area contributed by atoms with Crippen molar-refractivity contribution in [3.05, 3.63) is 71.0 Å². The van der Waals surface area contributed by atoms with E-state index in [-0.39, 0.29) is 24.2 Å². The van der Waals surface area contributed by atoms with E-state index in [0.29, 0.717) is 43.9 Å². The number of amides is 3. The Balaban J connectivity index is 1.23. The molecule has 0 spiro atoms. The maximum absolute atomic E-state index is 15.2. The third-order valence-corrected chi connectivity index (χ3v) is 8.83. The maximum Gasteiger partial charge on any atom is 0.410 e. The number of alkyl halides is 1. The molecule has 2 saturated heterocycles. The summed E-state index contributed by atoms with van der Waals surface area (Å²) in [5.41, 5.74) is 1.78. The summed E-state index contributed by atoms with van der Waals surface area (Å²) in [5, 5.41) is 2.94. The van der Waals surface area contributed by atoms with Crippen molar-refractivity contribution in [2.45, 2.75) is 49.9 Å². The maximum atomic E-state index is 15.2. The Bertz CT molecular complexity index is 1300. The van der Waals surface area contributed by atoms with Gasteiger partial charge in [-0.1, -0.05) is 49.4 Å². The minimum atomic E-state index is -1.40. The van der Waals surface area contributed by atoms with Crippen LogP contribution in [0.1, 0.15) is 48.9 Å². The number of nitrogens with zero attached hydrogens (tertiary/aromatic N) is 3. The van der Waals surface area contributed by atoms with Crippen molar-refractivity contribution >= 4 is 17.9 Å². The topological polar surface area (TPSA) is 91.4 Å². The average molecular weight is 599 g/mol. The van der Waals surface area contributed by atoms with Crippen molar-refractivity contribution in [1.82, 2.24) is 20.0 Å². The number of piperazine rings is 1. The summed E-state index contributed by atoms with van der Waals surface area (Å²) in [7, 11) is 1.64. The predicted octanol–water partition coefficient (Wildman–Crippen LogP) is 3.42. The van der Waals surface area contributed by atoms with Crippen molar-refractivity contribution in [2.24, 2.45) is 0 Å². The third kappa shape index (κ3) is 7.33. The van der Waals surface area contributed by atoms with Crippen LogP contribution < -0.4 is 5.32 Å². The molecule has 0 radical (unpaired) electrons. The van der Waals surface area contributed by atoms with E-state index in [9.17, 15) is 18.8 Å².